The molecule has 0 aliphatic carbocycles. The maximum Gasteiger partial charge on any atom is 0.339 e. The third kappa shape index (κ3) is 4.21. The highest BCUT2D eigenvalue weighted by atomic mass is 16.5. The lowest BCUT2D eigenvalue weighted by molar-refractivity contribution is 0.0555. The van der Waals surface area contributed by atoms with Crippen molar-refractivity contribution in [3.05, 3.63) is 77.3 Å². The molecule has 31 heavy (non-hydrogen) atoms. The summed E-state index contributed by atoms with van der Waals surface area (Å²) in [6.07, 6.45) is 1.63. The largest absolute Gasteiger partial charge is 0.457 e. The normalized spacial score (nSPS) is 11.1. The number of nitrogens with zero attached hydrogens (tertiary/aromatic N) is 3. The Morgan fingerprint density at radius 2 is 1.97 bits per heavy atom. The number of imidazole rings is 1. The van der Waals surface area contributed by atoms with Crippen molar-refractivity contribution in [2.45, 2.75) is 6.92 Å². The number of carbonyl (C=O) groups excluding carboxylic acids is 1. The Balaban J connectivity index is 1.57. The van der Waals surface area contributed by atoms with E-state index in [0.29, 0.717) is 28.5 Å². The number of allylic oxidation sites excluding steroid dienone is 1. The van der Waals surface area contributed by atoms with Gasteiger partial charge in [0.1, 0.15) is 29.5 Å². The first-order valence-corrected chi connectivity index (χ1v) is 9.40. The zero-order valence-electron chi connectivity index (χ0n) is 16.5. The minimum absolute atomic E-state index is 0.291. The number of benzene rings is 2. The van der Waals surface area contributed by atoms with Crippen LogP contribution in [-0.2, 0) is 4.74 Å². The first kappa shape index (κ1) is 19.7. The number of fused-ring (bicyclic) bond motifs is 1. The number of carbonyl (C=O) groups is 1. The lowest BCUT2D eigenvalue weighted by Crippen LogP contribution is -2.04. The van der Waals surface area contributed by atoms with Gasteiger partial charge in [-0.2, -0.15) is 10.5 Å². The standard InChI is InChI=1S/C24H16N4O3/c1-15-2-8-20-21(12-15)28-23(27-20)18(14-26)13-19-7-9-22(31-19)16-3-5-17(6-4-16)24(29)30-11-10-25/h2-9,12-13H,11H2,1H3,(H,27,28)/b18-13-. The Labute approximate surface area is 177 Å². The quantitative estimate of drug-likeness (QED) is 0.372. The minimum atomic E-state index is -0.559. The molecular formula is C24H16N4O3. The van der Waals surface area contributed by atoms with Gasteiger partial charge in [0.15, 0.2) is 6.61 Å². The average Bonchev–Trinajstić information content (AvgIpc) is 3.42. The highest BCUT2D eigenvalue weighted by Gasteiger charge is 2.11. The average molecular weight is 408 g/mol. The Morgan fingerprint density at radius 3 is 2.71 bits per heavy atom. The Hall–Kier alpha value is -4.62. The van der Waals surface area contributed by atoms with Gasteiger partial charge in [-0.05, 0) is 48.9 Å². The molecule has 4 rings (SSSR count). The second-order valence-corrected chi connectivity index (χ2v) is 6.79. The van der Waals surface area contributed by atoms with Gasteiger partial charge in [-0.15, -0.1) is 0 Å². The monoisotopic (exact) mass is 408 g/mol. The van der Waals surface area contributed by atoms with E-state index in [1.165, 1.54) is 0 Å². The van der Waals surface area contributed by atoms with Gasteiger partial charge in [-0.3, -0.25) is 0 Å². The number of H-pyrrole nitrogens is 1. The van der Waals surface area contributed by atoms with E-state index in [2.05, 4.69) is 16.0 Å². The van der Waals surface area contributed by atoms with Crippen LogP contribution in [0.1, 0.15) is 27.5 Å². The SMILES string of the molecule is Cc1ccc2nc(/C(C#N)=C\c3ccc(-c4ccc(C(=O)OCC#N)cc4)o3)[nH]c2c1. The van der Waals surface area contributed by atoms with Gasteiger partial charge in [0.2, 0.25) is 0 Å². The Bertz CT molecular complexity index is 1380. The molecule has 0 saturated carbocycles. The number of esters is 1. The smallest absolute Gasteiger partial charge is 0.339 e. The number of furan rings is 1. The molecule has 1 N–H and O–H groups in total. The van der Waals surface area contributed by atoms with Gasteiger partial charge >= 0.3 is 5.97 Å². The zero-order valence-corrected chi connectivity index (χ0v) is 16.5. The van der Waals surface area contributed by atoms with Crippen LogP contribution in [0.2, 0.25) is 0 Å². The molecule has 0 atom stereocenters. The zero-order chi connectivity index (χ0) is 21.8. The van der Waals surface area contributed by atoms with Crippen molar-refractivity contribution in [1.82, 2.24) is 9.97 Å². The Kier molecular flexibility index (Phi) is 5.33. The molecule has 4 aromatic rings. The van der Waals surface area contributed by atoms with Gasteiger partial charge in [0, 0.05) is 11.6 Å². The molecule has 0 spiro atoms. The van der Waals surface area contributed by atoms with Gasteiger partial charge < -0.3 is 14.1 Å². The summed E-state index contributed by atoms with van der Waals surface area (Å²) in [6, 6.07) is 20.0. The summed E-state index contributed by atoms with van der Waals surface area (Å²) in [5.74, 6) is 0.999. The molecular weight excluding hydrogens is 392 g/mol. The van der Waals surface area contributed by atoms with Crippen LogP contribution >= 0.6 is 0 Å². The molecule has 0 fully saturated rings. The van der Waals surface area contributed by atoms with Crippen LogP contribution in [0, 0.1) is 29.6 Å². The molecule has 0 aliphatic rings. The van der Waals surface area contributed by atoms with Crippen molar-refractivity contribution in [3.63, 3.8) is 0 Å². The highest BCUT2D eigenvalue weighted by molar-refractivity contribution is 5.91. The summed E-state index contributed by atoms with van der Waals surface area (Å²) in [4.78, 5) is 19.4. The van der Waals surface area contributed by atoms with Crippen LogP contribution < -0.4 is 0 Å². The topological polar surface area (TPSA) is 116 Å². The summed E-state index contributed by atoms with van der Waals surface area (Å²) >= 11 is 0. The number of ether oxygens (including phenoxy) is 1. The molecule has 2 aromatic carbocycles. The van der Waals surface area contributed by atoms with E-state index in [9.17, 15) is 10.1 Å². The number of hydrogen-bond donors (Lipinski definition) is 1. The summed E-state index contributed by atoms with van der Waals surface area (Å²) in [6.45, 7) is 1.70. The van der Waals surface area contributed by atoms with Crippen LogP contribution in [0.15, 0.2) is 59.0 Å². The second-order valence-electron chi connectivity index (χ2n) is 6.79. The number of aromatic nitrogens is 2. The van der Waals surface area contributed by atoms with Crippen molar-refractivity contribution in [2.24, 2.45) is 0 Å². The molecule has 0 aliphatic heterocycles. The van der Waals surface area contributed by atoms with Crippen molar-refractivity contribution in [2.75, 3.05) is 6.61 Å². The fraction of sp³-hybridized carbons (Fsp3) is 0.0833. The highest BCUT2D eigenvalue weighted by Crippen LogP contribution is 2.26. The summed E-state index contributed by atoms with van der Waals surface area (Å²) in [5, 5.41) is 18.1. The first-order valence-electron chi connectivity index (χ1n) is 9.40. The molecule has 7 heteroatoms. The number of rotatable bonds is 5. The number of aromatic amines is 1. The van der Waals surface area contributed by atoms with E-state index in [0.717, 1.165) is 22.2 Å². The first-order chi connectivity index (χ1) is 15.1. The summed E-state index contributed by atoms with van der Waals surface area (Å²) in [7, 11) is 0. The fourth-order valence-corrected chi connectivity index (χ4v) is 3.08. The molecule has 150 valence electrons. The molecule has 0 radical (unpaired) electrons. The molecule has 0 saturated heterocycles. The van der Waals surface area contributed by atoms with E-state index >= 15 is 0 Å². The van der Waals surface area contributed by atoms with Crippen molar-refractivity contribution < 1.29 is 13.9 Å². The number of nitrogens with one attached hydrogen (secondary N) is 1. The van der Waals surface area contributed by atoms with Crippen LogP contribution in [0.5, 0.6) is 0 Å². The molecule has 0 unspecified atom stereocenters. The van der Waals surface area contributed by atoms with Crippen molar-refractivity contribution in [1.29, 1.82) is 10.5 Å². The lowest BCUT2D eigenvalue weighted by Gasteiger charge is -2.01. The Morgan fingerprint density at radius 1 is 1.16 bits per heavy atom. The van der Waals surface area contributed by atoms with Crippen LogP contribution in [0.25, 0.3) is 34.0 Å². The third-order valence-electron chi connectivity index (χ3n) is 4.60. The number of hydrogen-bond acceptors (Lipinski definition) is 6. The van der Waals surface area contributed by atoms with Crippen LogP contribution in [0.3, 0.4) is 0 Å². The molecule has 2 heterocycles. The molecule has 7 nitrogen and oxygen atoms in total. The summed E-state index contributed by atoms with van der Waals surface area (Å²) < 4.78 is 10.6. The van der Waals surface area contributed by atoms with Gasteiger partial charge in [-0.1, -0.05) is 18.2 Å². The van der Waals surface area contributed by atoms with E-state index in [1.807, 2.05) is 25.1 Å². The maximum atomic E-state index is 11.8. The van der Waals surface area contributed by atoms with E-state index in [4.69, 9.17) is 14.4 Å². The minimum Gasteiger partial charge on any atom is -0.457 e. The molecule has 0 amide bonds. The van der Waals surface area contributed by atoms with E-state index < -0.39 is 5.97 Å². The van der Waals surface area contributed by atoms with Crippen LogP contribution in [0.4, 0.5) is 0 Å². The predicted molar refractivity (Wildman–Crippen MR) is 114 cm³/mol. The molecule has 2 aromatic heterocycles. The van der Waals surface area contributed by atoms with Gasteiger partial charge in [0.05, 0.1) is 22.2 Å². The third-order valence-corrected chi connectivity index (χ3v) is 4.60. The number of nitriles is 2. The predicted octanol–water partition coefficient (Wildman–Crippen LogP) is 4.88. The van der Waals surface area contributed by atoms with Crippen molar-refractivity contribution >= 4 is 28.7 Å². The van der Waals surface area contributed by atoms with E-state index in [1.54, 1.807) is 48.5 Å². The van der Waals surface area contributed by atoms with Gasteiger partial charge in [-0.25, -0.2) is 9.78 Å². The second kappa shape index (κ2) is 8.40. The van der Waals surface area contributed by atoms with Crippen LogP contribution in [-0.4, -0.2) is 22.5 Å². The number of aryl methyl sites for hydroxylation is 1. The van der Waals surface area contributed by atoms with Gasteiger partial charge in [0.25, 0.3) is 0 Å². The fourth-order valence-electron chi connectivity index (χ4n) is 3.08. The van der Waals surface area contributed by atoms with Crippen molar-refractivity contribution in [3.8, 4) is 23.5 Å². The van der Waals surface area contributed by atoms with E-state index in [-0.39, 0.29) is 6.61 Å². The molecule has 0 bridgehead atoms. The lowest BCUT2D eigenvalue weighted by atomic mass is 10.1. The maximum absolute atomic E-state index is 11.8. The summed E-state index contributed by atoms with van der Waals surface area (Å²) in [5.41, 5.74) is 4.21.